The number of sulfonamides is 1. The molecule has 1 aliphatic rings. The van der Waals surface area contributed by atoms with Gasteiger partial charge in [-0.25, -0.2) is 8.42 Å². The van der Waals surface area contributed by atoms with E-state index in [0.717, 1.165) is 35.0 Å². The first-order valence-corrected chi connectivity index (χ1v) is 10.8. The molecule has 0 saturated carbocycles. The molecule has 1 N–H and O–H groups in total. The highest BCUT2D eigenvalue weighted by molar-refractivity contribution is 7.94. The van der Waals surface area contributed by atoms with Crippen LogP contribution < -0.4 is 9.62 Å². The van der Waals surface area contributed by atoms with Crippen molar-refractivity contribution in [3.8, 4) is 10.6 Å². The van der Waals surface area contributed by atoms with Gasteiger partial charge in [0.2, 0.25) is 0 Å². The number of rotatable bonds is 5. The fraction of sp³-hybridized carbons (Fsp3) is 0.278. The molecular weight excluding hydrogens is 370 g/mol. The number of piperidine rings is 1. The first kappa shape index (κ1) is 17.1. The van der Waals surface area contributed by atoms with Crippen molar-refractivity contribution in [1.29, 1.82) is 0 Å². The number of aromatic nitrogens is 1. The van der Waals surface area contributed by atoms with Crippen molar-refractivity contribution in [2.24, 2.45) is 0 Å². The predicted octanol–water partition coefficient (Wildman–Crippen LogP) is 4.19. The molecule has 4 rings (SSSR count). The molecule has 1 fully saturated rings. The standard InChI is InChI=1S/C18H19N3O3S2/c22-26(23,18-9-8-17(25-18)16-10-13-24-19-16)20-14-4-6-15(7-5-14)21-11-2-1-3-12-21/h4-10,13,20H,1-3,11-12H2. The van der Waals surface area contributed by atoms with Crippen LogP contribution in [0.25, 0.3) is 10.6 Å². The average molecular weight is 390 g/mol. The maximum Gasteiger partial charge on any atom is 0.271 e. The van der Waals surface area contributed by atoms with Crippen LogP contribution in [-0.2, 0) is 10.0 Å². The van der Waals surface area contributed by atoms with E-state index in [1.54, 1.807) is 18.2 Å². The van der Waals surface area contributed by atoms with Gasteiger partial charge in [-0.05, 0) is 55.7 Å². The van der Waals surface area contributed by atoms with E-state index in [9.17, 15) is 8.42 Å². The van der Waals surface area contributed by atoms with Gasteiger partial charge >= 0.3 is 0 Å². The summed E-state index contributed by atoms with van der Waals surface area (Å²) in [5.74, 6) is 0. The van der Waals surface area contributed by atoms with E-state index in [4.69, 9.17) is 4.52 Å². The molecule has 136 valence electrons. The number of thiophene rings is 1. The summed E-state index contributed by atoms with van der Waals surface area (Å²) in [5.41, 5.74) is 2.32. The van der Waals surface area contributed by atoms with Gasteiger partial charge in [-0.3, -0.25) is 4.72 Å². The number of nitrogens with zero attached hydrogens (tertiary/aromatic N) is 2. The summed E-state index contributed by atoms with van der Waals surface area (Å²) in [7, 11) is -3.62. The largest absolute Gasteiger partial charge is 0.372 e. The molecule has 1 aliphatic heterocycles. The minimum absolute atomic E-state index is 0.246. The summed E-state index contributed by atoms with van der Waals surface area (Å²) in [4.78, 5) is 3.09. The third-order valence-corrected chi connectivity index (χ3v) is 7.36. The first-order valence-electron chi connectivity index (χ1n) is 8.50. The zero-order chi connectivity index (χ0) is 18.0. The Kier molecular flexibility index (Phi) is 4.69. The molecule has 1 saturated heterocycles. The molecule has 3 aromatic rings. The van der Waals surface area contributed by atoms with Crippen molar-refractivity contribution < 1.29 is 12.9 Å². The highest BCUT2D eigenvalue weighted by Gasteiger charge is 2.19. The molecule has 26 heavy (non-hydrogen) atoms. The monoisotopic (exact) mass is 389 g/mol. The van der Waals surface area contributed by atoms with Crippen LogP contribution in [0, 0.1) is 0 Å². The third kappa shape index (κ3) is 3.61. The Labute approximate surface area is 156 Å². The lowest BCUT2D eigenvalue weighted by Gasteiger charge is -2.28. The Morgan fingerprint density at radius 1 is 1.00 bits per heavy atom. The maximum atomic E-state index is 12.6. The quantitative estimate of drug-likeness (QED) is 0.708. The number of hydrogen-bond donors (Lipinski definition) is 1. The lowest BCUT2D eigenvalue weighted by Crippen LogP contribution is -2.29. The van der Waals surface area contributed by atoms with Crippen molar-refractivity contribution in [1.82, 2.24) is 5.16 Å². The Morgan fingerprint density at radius 3 is 2.46 bits per heavy atom. The maximum absolute atomic E-state index is 12.6. The molecule has 0 radical (unpaired) electrons. The van der Waals surface area contributed by atoms with Gasteiger partial charge in [0.05, 0.1) is 4.88 Å². The summed E-state index contributed by atoms with van der Waals surface area (Å²) >= 11 is 1.16. The number of nitrogens with one attached hydrogen (secondary N) is 1. The lowest BCUT2D eigenvalue weighted by atomic mass is 10.1. The van der Waals surface area contributed by atoms with Crippen molar-refractivity contribution in [2.75, 3.05) is 22.7 Å². The zero-order valence-electron chi connectivity index (χ0n) is 14.1. The summed E-state index contributed by atoms with van der Waals surface area (Å²) in [6.45, 7) is 2.12. The second kappa shape index (κ2) is 7.13. The van der Waals surface area contributed by atoms with E-state index in [1.165, 1.54) is 25.5 Å². The molecule has 8 heteroatoms. The van der Waals surface area contributed by atoms with Crippen molar-refractivity contribution >= 4 is 32.7 Å². The van der Waals surface area contributed by atoms with Crippen LogP contribution in [0.1, 0.15) is 19.3 Å². The van der Waals surface area contributed by atoms with Crippen molar-refractivity contribution in [3.63, 3.8) is 0 Å². The second-order valence-electron chi connectivity index (χ2n) is 6.20. The zero-order valence-corrected chi connectivity index (χ0v) is 15.7. The van der Waals surface area contributed by atoms with Gasteiger partial charge in [-0.1, -0.05) is 5.16 Å². The molecular formula is C18H19N3O3S2. The molecule has 0 spiro atoms. The van der Waals surface area contributed by atoms with Gasteiger partial charge in [0.25, 0.3) is 10.0 Å². The van der Waals surface area contributed by atoms with E-state index >= 15 is 0 Å². The van der Waals surface area contributed by atoms with Crippen LogP contribution in [0.5, 0.6) is 0 Å². The van der Waals surface area contributed by atoms with Crippen LogP contribution in [-0.4, -0.2) is 26.7 Å². The predicted molar refractivity (Wildman–Crippen MR) is 103 cm³/mol. The van der Waals surface area contributed by atoms with Crippen LogP contribution in [0.2, 0.25) is 0 Å². The molecule has 3 heterocycles. The van der Waals surface area contributed by atoms with Gasteiger partial charge in [0.15, 0.2) is 0 Å². The summed E-state index contributed by atoms with van der Waals surface area (Å²) in [6, 6.07) is 12.6. The molecule has 0 unspecified atom stereocenters. The molecule has 6 nitrogen and oxygen atoms in total. The fourth-order valence-corrected chi connectivity index (χ4v) is 5.37. The Morgan fingerprint density at radius 2 is 1.77 bits per heavy atom. The van der Waals surface area contributed by atoms with E-state index in [2.05, 4.69) is 14.8 Å². The van der Waals surface area contributed by atoms with Crippen molar-refractivity contribution in [3.05, 3.63) is 48.7 Å². The van der Waals surface area contributed by atoms with Gasteiger partial charge in [0, 0.05) is 30.5 Å². The van der Waals surface area contributed by atoms with Gasteiger partial charge < -0.3 is 9.42 Å². The van der Waals surface area contributed by atoms with Gasteiger partial charge in [0.1, 0.15) is 16.2 Å². The van der Waals surface area contributed by atoms with E-state index in [0.29, 0.717) is 11.4 Å². The molecule has 0 aliphatic carbocycles. The minimum Gasteiger partial charge on any atom is -0.372 e. The number of hydrogen-bond acceptors (Lipinski definition) is 6. The van der Waals surface area contributed by atoms with Crippen LogP contribution >= 0.6 is 11.3 Å². The second-order valence-corrected chi connectivity index (χ2v) is 9.20. The minimum atomic E-state index is -3.62. The molecule has 2 aromatic heterocycles. The van der Waals surface area contributed by atoms with E-state index in [-0.39, 0.29) is 4.21 Å². The van der Waals surface area contributed by atoms with E-state index in [1.807, 2.05) is 24.3 Å². The highest BCUT2D eigenvalue weighted by atomic mass is 32.2. The Balaban J connectivity index is 1.49. The number of anilines is 2. The van der Waals surface area contributed by atoms with Crippen LogP contribution in [0.3, 0.4) is 0 Å². The third-order valence-electron chi connectivity index (χ3n) is 4.38. The summed E-state index contributed by atoms with van der Waals surface area (Å²) < 4.78 is 32.9. The Bertz CT molecular complexity index is 958. The average Bonchev–Trinajstić information content (AvgIpc) is 3.35. The SMILES string of the molecule is O=S(=O)(Nc1ccc(N2CCCCC2)cc1)c1ccc(-c2ccon2)s1. The lowest BCUT2D eigenvalue weighted by molar-refractivity contribution is 0.422. The first-order chi connectivity index (χ1) is 12.6. The molecule has 1 aromatic carbocycles. The van der Waals surface area contributed by atoms with Crippen LogP contribution in [0.4, 0.5) is 11.4 Å². The highest BCUT2D eigenvalue weighted by Crippen LogP contribution is 2.31. The van der Waals surface area contributed by atoms with Crippen LogP contribution in [0.15, 0.2) is 57.5 Å². The van der Waals surface area contributed by atoms with Gasteiger partial charge in [-0.15, -0.1) is 11.3 Å². The molecule has 0 atom stereocenters. The summed E-state index contributed by atoms with van der Waals surface area (Å²) in [6.07, 6.45) is 5.16. The number of benzene rings is 1. The normalized spacial score (nSPS) is 15.2. The van der Waals surface area contributed by atoms with Gasteiger partial charge in [-0.2, -0.15) is 0 Å². The van der Waals surface area contributed by atoms with E-state index < -0.39 is 10.0 Å². The molecule has 0 bridgehead atoms. The topological polar surface area (TPSA) is 75.4 Å². The van der Waals surface area contributed by atoms with Crippen molar-refractivity contribution in [2.45, 2.75) is 23.5 Å². The molecule has 0 amide bonds. The smallest absolute Gasteiger partial charge is 0.271 e. The Hall–Kier alpha value is -2.32. The fourth-order valence-electron chi connectivity index (χ4n) is 3.04. The summed E-state index contributed by atoms with van der Waals surface area (Å²) in [5, 5.41) is 3.84.